The minimum atomic E-state index is -0.265. The zero-order chi connectivity index (χ0) is 20.2. The van der Waals surface area contributed by atoms with Crippen molar-refractivity contribution in [3.05, 3.63) is 66.0 Å². The molecule has 0 aliphatic carbocycles. The monoisotopic (exact) mass is 390 g/mol. The van der Waals surface area contributed by atoms with Gasteiger partial charge in [-0.1, -0.05) is 42.5 Å². The van der Waals surface area contributed by atoms with Gasteiger partial charge >= 0.3 is 0 Å². The van der Waals surface area contributed by atoms with Crippen LogP contribution in [0.15, 0.2) is 54.6 Å². The number of para-hydroxylation sites is 2. The standard InChI is InChI=1S/C23H26N4O2/c1-17-25-20-9-5-6-10-21(20)27(17)14-12-24-23(29)19-15-22(28)26(16-19)13-11-18-7-3-2-4-8-18/h2-10,19H,11-16H2,1H3,(H,24,29). The third kappa shape index (κ3) is 4.31. The Bertz CT molecular complexity index is 1010. The van der Waals surface area contributed by atoms with Crippen molar-refractivity contribution in [3.8, 4) is 0 Å². The molecule has 4 rings (SSSR count). The number of rotatable bonds is 7. The van der Waals surface area contributed by atoms with Crippen molar-refractivity contribution in [2.24, 2.45) is 5.92 Å². The molecule has 2 aromatic carbocycles. The van der Waals surface area contributed by atoms with E-state index in [4.69, 9.17) is 0 Å². The Labute approximate surface area is 170 Å². The number of aryl methyl sites for hydroxylation is 1. The summed E-state index contributed by atoms with van der Waals surface area (Å²) < 4.78 is 2.11. The smallest absolute Gasteiger partial charge is 0.225 e. The highest BCUT2D eigenvalue weighted by Crippen LogP contribution is 2.19. The predicted octanol–water partition coefficient (Wildman–Crippen LogP) is 2.55. The summed E-state index contributed by atoms with van der Waals surface area (Å²) in [7, 11) is 0. The molecule has 0 saturated carbocycles. The van der Waals surface area contributed by atoms with E-state index in [1.54, 1.807) is 0 Å². The minimum Gasteiger partial charge on any atom is -0.354 e. The maximum atomic E-state index is 12.6. The van der Waals surface area contributed by atoms with E-state index in [-0.39, 0.29) is 17.7 Å². The largest absolute Gasteiger partial charge is 0.354 e. The van der Waals surface area contributed by atoms with E-state index in [0.717, 1.165) is 23.3 Å². The first-order valence-electron chi connectivity index (χ1n) is 10.1. The van der Waals surface area contributed by atoms with Crippen LogP contribution in [0.3, 0.4) is 0 Å². The Morgan fingerprint density at radius 1 is 1.10 bits per heavy atom. The molecule has 1 N–H and O–H groups in total. The van der Waals surface area contributed by atoms with Crippen molar-refractivity contribution in [2.75, 3.05) is 19.6 Å². The van der Waals surface area contributed by atoms with Crippen LogP contribution in [0.1, 0.15) is 17.8 Å². The Kier molecular flexibility index (Phi) is 5.60. The number of nitrogens with one attached hydrogen (secondary N) is 1. The quantitative estimate of drug-likeness (QED) is 0.674. The van der Waals surface area contributed by atoms with Crippen LogP contribution in [0.5, 0.6) is 0 Å². The molecular weight excluding hydrogens is 364 g/mol. The van der Waals surface area contributed by atoms with Crippen LogP contribution in [0.2, 0.25) is 0 Å². The van der Waals surface area contributed by atoms with Crippen LogP contribution in [0.4, 0.5) is 0 Å². The number of hydrogen-bond donors (Lipinski definition) is 1. The molecule has 6 nitrogen and oxygen atoms in total. The van der Waals surface area contributed by atoms with Gasteiger partial charge in [0, 0.05) is 32.6 Å². The van der Waals surface area contributed by atoms with Gasteiger partial charge in [-0.3, -0.25) is 9.59 Å². The second kappa shape index (κ2) is 8.47. The lowest BCUT2D eigenvalue weighted by Crippen LogP contribution is -2.35. The van der Waals surface area contributed by atoms with Crippen molar-refractivity contribution < 1.29 is 9.59 Å². The lowest BCUT2D eigenvalue weighted by molar-refractivity contribution is -0.129. The number of carbonyl (C=O) groups excluding carboxylic acids is 2. The molecule has 2 amide bonds. The SMILES string of the molecule is Cc1nc2ccccc2n1CCNC(=O)C1CC(=O)N(CCc2ccccc2)C1. The number of aromatic nitrogens is 2. The van der Waals surface area contributed by atoms with Crippen LogP contribution in [-0.2, 0) is 22.6 Å². The number of likely N-dealkylation sites (tertiary alicyclic amines) is 1. The van der Waals surface area contributed by atoms with E-state index in [1.165, 1.54) is 5.56 Å². The van der Waals surface area contributed by atoms with Crippen LogP contribution < -0.4 is 5.32 Å². The van der Waals surface area contributed by atoms with Crippen LogP contribution in [0.25, 0.3) is 11.0 Å². The third-order valence-electron chi connectivity index (χ3n) is 5.58. The highest BCUT2D eigenvalue weighted by molar-refractivity contribution is 5.89. The van der Waals surface area contributed by atoms with E-state index in [9.17, 15) is 9.59 Å². The molecule has 6 heteroatoms. The maximum absolute atomic E-state index is 12.6. The highest BCUT2D eigenvalue weighted by atomic mass is 16.2. The fourth-order valence-electron chi connectivity index (χ4n) is 3.99. The normalized spacial score (nSPS) is 16.5. The number of nitrogens with zero attached hydrogens (tertiary/aromatic N) is 3. The van der Waals surface area contributed by atoms with Crippen LogP contribution in [0, 0.1) is 12.8 Å². The van der Waals surface area contributed by atoms with E-state index in [1.807, 2.05) is 54.3 Å². The molecule has 1 saturated heterocycles. The number of hydrogen-bond acceptors (Lipinski definition) is 3. The molecule has 1 atom stereocenters. The first kappa shape index (κ1) is 19.2. The van der Waals surface area contributed by atoms with Gasteiger partial charge in [-0.25, -0.2) is 4.98 Å². The first-order chi connectivity index (χ1) is 14.1. The summed E-state index contributed by atoms with van der Waals surface area (Å²) in [4.78, 5) is 31.2. The van der Waals surface area contributed by atoms with E-state index < -0.39 is 0 Å². The molecular formula is C23H26N4O2. The van der Waals surface area contributed by atoms with E-state index >= 15 is 0 Å². The Morgan fingerprint density at radius 2 is 1.86 bits per heavy atom. The molecule has 1 aliphatic heterocycles. The summed E-state index contributed by atoms with van der Waals surface area (Å²) in [5, 5.41) is 3.00. The predicted molar refractivity (Wildman–Crippen MR) is 112 cm³/mol. The maximum Gasteiger partial charge on any atom is 0.225 e. The average Bonchev–Trinajstić information content (AvgIpc) is 3.26. The summed E-state index contributed by atoms with van der Waals surface area (Å²) in [6.45, 7) is 4.32. The Hall–Kier alpha value is -3.15. The van der Waals surface area contributed by atoms with Crippen molar-refractivity contribution in [3.63, 3.8) is 0 Å². The van der Waals surface area contributed by atoms with Crippen molar-refractivity contribution in [1.29, 1.82) is 0 Å². The van der Waals surface area contributed by atoms with E-state index in [2.05, 4.69) is 27.0 Å². The van der Waals surface area contributed by atoms with Crippen molar-refractivity contribution in [2.45, 2.75) is 26.3 Å². The second-order valence-electron chi connectivity index (χ2n) is 7.57. The van der Waals surface area contributed by atoms with Gasteiger partial charge in [0.15, 0.2) is 0 Å². The van der Waals surface area contributed by atoms with Gasteiger partial charge in [-0.05, 0) is 31.0 Å². The topological polar surface area (TPSA) is 67.2 Å². The molecule has 1 unspecified atom stereocenters. The molecule has 3 aromatic rings. The summed E-state index contributed by atoms with van der Waals surface area (Å²) >= 11 is 0. The fourth-order valence-corrected chi connectivity index (χ4v) is 3.99. The molecule has 150 valence electrons. The van der Waals surface area contributed by atoms with Gasteiger partial charge in [0.25, 0.3) is 0 Å². The zero-order valence-corrected chi connectivity index (χ0v) is 16.7. The molecule has 29 heavy (non-hydrogen) atoms. The van der Waals surface area contributed by atoms with Crippen molar-refractivity contribution >= 4 is 22.8 Å². The zero-order valence-electron chi connectivity index (χ0n) is 16.7. The molecule has 2 heterocycles. The Morgan fingerprint density at radius 3 is 2.69 bits per heavy atom. The Balaban J connectivity index is 1.28. The third-order valence-corrected chi connectivity index (χ3v) is 5.58. The number of amides is 2. The number of carbonyl (C=O) groups is 2. The summed E-state index contributed by atoms with van der Waals surface area (Å²) in [5.41, 5.74) is 3.24. The van der Waals surface area contributed by atoms with Gasteiger partial charge in [0.05, 0.1) is 17.0 Å². The minimum absolute atomic E-state index is 0.0392. The molecule has 0 radical (unpaired) electrons. The second-order valence-corrected chi connectivity index (χ2v) is 7.57. The molecule has 0 spiro atoms. The molecule has 0 bridgehead atoms. The lowest BCUT2D eigenvalue weighted by atomic mass is 10.1. The number of benzene rings is 2. The summed E-state index contributed by atoms with van der Waals surface area (Å²) in [6.07, 6.45) is 1.11. The highest BCUT2D eigenvalue weighted by Gasteiger charge is 2.33. The van der Waals surface area contributed by atoms with Gasteiger partial charge in [0.1, 0.15) is 5.82 Å². The number of fused-ring (bicyclic) bond motifs is 1. The van der Waals surface area contributed by atoms with Crippen molar-refractivity contribution in [1.82, 2.24) is 19.8 Å². The van der Waals surface area contributed by atoms with Gasteiger partial charge < -0.3 is 14.8 Å². The molecule has 1 aliphatic rings. The summed E-state index contributed by atoms with van der Waals surface area (Å²) in [5.74, 6) is 0.697. The van der Waals surface area contributed by atoms with Crippen LogP contribution >= 0.6 is 0 Å². The molecule has 1 fully saturated rings. The first-order valence-corrected chi connectivity index (χ1v) is 10.1. The van der Waals surface area contributed by atoms with E-state index in [0.29, 0.717) is 32.6 Å². The summed E-state index contributed by atoms with van der Waals surface area (Å²) in [6, 6.07) is 18.1. The van der Waals surface area contributed by atoms with Crippen LogP contribution in [-0.4, -0.2) is 45.9 Å². The number of imidazole rings is 1. The van der Waals surface area contributed by atoms with Gasteiger partial charge in [0.2, 0.25) is 11.8 Å². The van der Waals surface area contributed by atoms with Gasteiger partial charge in [-0.2, -0.15) is 0 Å². The molecule has 1 aromatic heterocycles. The fraction of sp³-hybridized carbons (Fsp3) is 0.348. The average molecular weight is 390 g/mol. The van der Waals surface area contributed by atoms with Gasteiger partial charge in [-0.15, -0.1) is 0 Å². The lowest BCUT2D eigenvalue weighted by Gasteiger charge is -2.16.